The van der Waals surface area contributed by atoms with Crippen molar-refractivity contribution in [3.05, 3.63) is 34.9 Å². The third-order valence-electron chi connectivity index (χ3n) is 3.57. The highest BCUT2D eigenvalue weighted by Gasteiger charge is 2.39. The summed E-state index contributed by atoms with van der Waals surface area (Å²) in [5.74, 6) is 0. The Hall–Kier alpha value is -1.26. The van der Waals surface area contributed by atoms with Crippen molar-refractivity contribution < 1.29 is 14.6 Å². The monoisotopic (exact) mass is 311 g/mol. The van der Waals surface area contributed by atoms with Crippen LogP contribution in [-0.2, 0) is 4.74 Å². The molecule has 1 amide bonds. The first-order chi connectivity index (χ1) is 9.81. The van der Waals surface area contributed by atoms with Gasteiger partial charge in [-0.25, -0.2) is 4.79 Å². The minimum Gasteiger partial charge on any atom is -0.444 e. The van der Waals surface area contributed by atoms with E-state index in [0.29, 0.717) is 5.02 Å². The summed E-state index contributed by atoms with van der Waals surface area (Å²) in [7, 11) is 0. The lowest BCUT2D eigenvalue weighted by Crippen LogP contribution is -2.42. The quantitative estimate of drug-likeness (QED) is 0.904. The van der Waals surface area contributed by atoms with Gasteiger partial charge < -0.3 is 9.84 Å². The zero-order chi connectivity index (χ0) is 15.6. The highest BCUT2D eigenvalue weighted by atomic mass is 35.5. The van der Waals surface area contributed by atoms with Gasteiger partial charge in [-0.1, -0.05) is 23.7 Å². The van der Waals surface area contributed by atoms with Crippen molar-refractivity contribution >= 4 is 17.7 Å². The Kier molecular flexibility index (Phi) is 4.79. The molecule has 2 atom stereocenters. The maximum Gasteiger partial charge on any atom is 0.411 e. The molecule has 1 aromatic carbocycles. The maximum absolute atomic E-state index is 12.4. The van der Waals surface area contributed by atoms with Gasteiger partial charge in [0.25, 0.3) is 0 Å². The summed E-state index contributed by atoms with van der Waals surface area (Å²) in [4.78, 5) is 14.1. The zero-order valence-corrected chi connectivity index (χ0v) is 13.4. The number of aliphatic hydroxyl groups excluding tert-OH is 1. The van der Waals surface area contributed by atoms with Crippen molar-refractivity contribution in [2.75, 3.05) is 6.61 Å². The van der Waals surface area contributed by atoms with Crippen molar-refractivity contribution in [3.8, 4) is 0 Å². The molecule has 1 N–H and O–H groups in total. The molecule has 2 rings (SSSR count). The third-order valence-corrected chi connectivity index (χ3v) is 3.82. The molecule has 0 bridgehead atoms. The predicted octanol–water partition coefficient (Wildman–Crippen LogP) is 3.77. The smallest absolute Gasteiger partial charge is 0.411 e. The fraction of sp³-hybridized carbons (Fsp3) is 0.562. The number of benzene rings is 1. The van der Waals surface area contributed by atoms with Crippen LogP contribution in [0.15, 0.2) is 24.3 Å². The molecule has 0 spiro atoms. The van der Waals surface area contributed by atoms with E-state index in [1.165, 1.54) is 0 Å². The van der Waals surface area contributed by atoms with Gasteiger partial charge in [-0.05, 0) is 51.3 Å². The van der Waals surface area contributed by atoms with Crippen LogP contribution in [0, 0.1) is 0 Å². The van der Waals surface area contributed by atoms with Gasteiger partial charge >= 0.3 is 6.09 Å². The number of amides is 1. The molecule has 0 unspecified atom stereocenters. The van der Waals surface area contributed by atoms with Crippen LogP contribution in [0.25, 0.3) is 0 Å². The molecule has 4 nitrogen and oxygen atoms in total. The van der Waals surface area contributed by atoms with Crippen LogP contribution in [-0.4, -0.2) is 34.3 Å². The van der Waals surface area contributed by atoms with Crippen LogP contribution in [0.4, 0.5) is 4.79 Å². The summed E-state index contributed by atoms with van der Waals surface area (Å²) in [6.45, 7) is 5.47. The standard InChI is InChI=1S/C16H22ClNO3/c1-16(2,3)21-15(20)18-13(10-19)8-9-14(18)11-4-6-12(17)7-5-11/h4-7,13-14,19H,8-10H2,1-3H3/t13-,14+/m1/s1. The zero-order valence-electron chi connectivity index (χ0n) is 12.7. The fourth-order valence-corrected chi connectivity index (χ4v) is 2.79. The Morgan fingerprint density at radius 3 is 2.48 bits per heavy atom. The Morgan fingerprint density at radius 1 is 1.33 bits per heavy atom. The Balaban J connectivity index is 2.23. The minimum absolute atomic E-state index is 0.0522. The first-order valence-corrected chi connectivity index (χ1v) is 7.57. The number of nitrogens with zero attached hydrogens (tertiary/aromatic N) is 1. The molecule has 1 heterocycles. The number of carbonyl (C=O) groups excluding carboxylic acids is 1. The van der Waals surface area contributed by atoms with Gasteiger partial charge in [0.05, 0.1) is 18.7 Å². The van der Waals surface area contributed by atoms with E-state index >= 15 is 0 Å². The summed E-state index contributed by atoms with van der Waals surface area (Å²) in [5, 5.41) is 10.2. The van der Waals surface area contributed by atoms with Crippen molar-refractivity contribution in [3.63, 3.8) is 0 Å². The highest BCUT2D eigenvalue weighted by Crippen LogP contribution is 2.37. The number of carbonyl (C=O) groups is 1. The molecular formula is C16H22ClNO3. The molecule has 1 aromatic rings. The van der Waals surface area contributed by atoms with Crippen LogP contribution in [0.3, 0.4) is 0 Å². The Labute approximate surface area is 130 Å². The first-order valence-electron chi connectivity index (χ1n) is 7.19. The molecule has 1 fully saturated rings. The van der Waals surface area contributed by atoms with Gasteiger partial charge in [0.2, 0.25) is 0 Å². The number of likely N-dealkylation sites (tertiary alicyclic amines) is 1. The average Bonchev–Trinajstić information content (AvgIpc) is 2.81. The van der Waals surface area contributed by atoms with E-state index in [-0.39, 0.29) is 24.8 Å². The van der Waals surface area contributed by atoms with Crippen LogP contribution < -0.4 is 0 Å². The molecule has 1 saturated heterocycles. The SMILES string of the molecule is CC(C)(C)OC(=O)N1[C@@H](CO)CC[C@H]1c1ccc(Cl)cc1. The largest absolute Gasteiger partial charge is 0.444 e. The van der Waals surface area contributed by atoms with Crippen molar-refractivity contribution in [2.24, 2.45) is 0 Å². The van der Waals surface area contributed by atoms with E-state index in [9.17, 15) is 9.90 Å². The second-order valence-corrected chi connectivity index (χ2v) is 6.81. The topological polar surface area (TPSA) is 49.8 Å². The van der Waals surface area contributed by atoms with E-state index < -0.39 is 5.60 Å². The van der Waals surface area contributed by atoms with Crippen LogP contribution in [0.2, 0.25) is 5.02 Å². The molecule has 1 aliphatic heterocycles. The van der Waals surface area contributed by atoms with Gasteiger partial charge in [0, 0.05) is 5.02 Å². The summed E-state index contributed by atoms with van der Waals surface area (Å²) in [6, 6.07) is 7.20. The molecule has 0 saturated carbocycles. The van der Waals surface area contributed by atoms with Gasteiger partial charge in [-0.15, -0.1) is 0 Å². The van der Waals surface area contributed by atoms with Crippen LogP contribution in [0.1, 0.15) is 45.2 Å². The number of halogens is 1. The second kappa shape index (κ2) is 6.24. The summed E-state index contributed by atoms with van der Waals surface area (Å²) >= 11 is 5.92. The van der Waals surface area contributed by atoms with Gasteiger partial charge in [-0.2, -0.15) is 0 Å². The Bertz CT molecular complexity index is 495. The molecule has 5 heteroatoms. The van der Waals surface area contributed by atoms with E-state index in [4.69, 9.17) is 16.3 Å². The van der Waals surface area contributed by atoms with Crippen molar-refractivity contribution in [2.45, 2.75) is 51.3 Å². The molecule has 0 radical (unpaired) electrons. The van der Waals surface area contributed by atoms with Gasteiger partial charge in [0.15, 0.2) is 0 Å². The van der Waals surface area contributed by atoms with Crippen molar-refractivity contribution in [1.82, 2.24) is 4.90 Å². The van der Waals surface area contributed by atoms with Crippen LogP contribution in [0.5, 0.6) is 0 Å². The van der Waals surface area contributed by atoms with Gasteiger partial charge in [-0.3, -0.25) is 4.90 Å². The van der Waals surface area contributed by atoms with E-state index in [1.54, 1.807) is 4.90 Å². The number of hydrogen-bond donors (Lipinski definition) is 1. The average molecular weight is 312 g/mol. The lowest BCUT2D eigenvalue weighted by Gasteiger charge is -2.32. The summed E-state index contributed by atoms with van der Waals surface area (Å²) < 4.78 is 5.48. The van der Waals surface area contributed by atoms with Gasteiger partial charge in [0.1, 0.15) is 5.60 Å². The summed E-state index contributed by atoms with van der Waals surface area (Å²) in [6.07, 6.45) is 1.20. The molecule has 1 aliphatic rings. The first kappa shape index (κ1) is 16.1. The molecule has 21 heavy (non-hydrogen) atoms. The number of hydrogen-bond acceptors (Lipinski definition) is 3. The van der Waals surface area contributed by atoms with E-state index in [0.717, 1.165) is 18.4 Å². The number of aliphatic hydroxyl groups is 1. The minimum atomic E-state index is -0.551. The molecule has 116 valence electrons. The van der Waals surface area contributed by atoms with E-state index in [1.807, 2.05) is 45.0 Å². The lowest BCUT2D eigenvalue weighted by molar-refractivity contribution is 0.00869. The normalized spacial score (nSPS) is 22.4. The second-order valence-electron chi connectivity index (χ2n) is 6.37. The van der Waals surface area contributed by atoms with Crippen LogP contribution >= 0.6 is 11.6 Å². The Morgan fingerprint density at radius 2 is 1.95 bits per heavy atom. The highest BCUT2D eigenvalue weighted by molar-refractivity contribution is 6.30. The lowest BCUT2D eigenvalue weighted by atomic mass is 10.1. The molecule has 0 aromatic heterocycles. The number of rotatable bonds is 2. The maximum atomic E-state index is 12.4. The molecule has 0 aliphatic carbocycles. The fourth-order valence-electron chi connectivity index (χ4n) is 2.67. The molecular weight excluding hydrogens is 290 g/mol. The van der Waals surface area contributed by atoms with E-state index in [2.05, 4.69) is 0 Å². The number of ether oxygens (including phenoxy) is 1. The predicted molar refractivity (Wildman–Crippen MR) is 82.4 cm³/mol. The summed E-state index contributed by atoms with van der Waals surface area (Å²) in [5.41, 5.74) is 0.464. The third kappa shape index (κ3) is 3.89. The van der Waals surface area contributed by atoms with Crippen molar-refractivity contribution in [1.29, 1.82) is 0 Å².